The summed E-state index contributed by atoms with van der Waals surface area (Å²) in [6.07, 6.45) is 57.6. The van der Waals surface area contributed by atoms with Crippen molar-refractivity contribution in [3.05, 3.63) is 60.8 Å². The molecule has 1 amide bonds. The third-order valence-corrected chi connectivity index (χ3v) is 12.9. The van der Waals surface area contributed by atoms with Gasteiger partial charge in [0.05, 0.1) is 33.8 Å². The largest absolute Gasteiger partial charge is 0.756 e. The Balaban J connectivity index is 5.48. The third-order valence-electron chi connectivity index (χ3n) is 12.0. The molecule has 67 heavy (non-hydrogen) atoms. The van der Waals surface area contributed by atoms with Gasteiger partial charge in [0.15, 0.2) is 0 Å². The van der Waals surface area contributed by atoms with Gasteiger partial charge in [0.1, 0.15) is 19.3 Å². The zero-order valence-electron chi connectivity index (χ0n) is 44.3. The fourth-order valence-electron chi connectivity index (χ4n) is 7.63. The Morgan fingerprint density at radius 1 is 0.522 bits per heavy atom. The van der Waals surface area contributed by atoms with E-state index in [9.17, 15) is 19.0 Å². The average molecular weight is 961 g/mol. The number of carbonyl (C=O) groups excluding carboxylic acids is 2. The topological polar surface area (TPSA) is 114 Å². The van der Waals surface area contributed by atoms with Crippen LogP contribution in [-0.2, 0) is 27.9 Å². The van der Waals surface area contributed by atoms with Crippen molar-refractivity contribution < 1.29 is 37.3 Å². The highest BCUT2D eigenvalue weighted by Gasteiger charge is 2.27. The highest BCUT2D eigenvalue weighted by Crippen LogP contribution is 2.38. The molecule has 0 fully saturated rings. The molecule has 0 heterocycles. The van der Waals surface area contributed by atoms with E-state index in [1.54, 1.807) is 0 Å². The molecule has 0 bridgehead atoms. The molecule has 1 N–H and O–H groups in total. The van der Waals surface area contributed by atoms with Crippen molar-refractivity contribution in [3.8, 4) is 0 Å². The van der Waals surface area contributed by atoms with E-state index >= 15 is 0 Å². The maximum absolute atomic E-state index is 13.4. The number of likely N-dealkylation sites (N-methyl/N-ethyl adjacent to an activating group) is 1. The number of allylic oxidation sites excluding steroid dienone is 9. The summed E-state index contributed by atoms with van der Waals surface area (Å²) in [5, 5.41) is 2.98. The normalized spacial score (nSPS) is 14.3. The number of hydrogen-bond donors (Lipinski definition) is 1. The Morgan fingerprint density at radius 2 is 0.925 bits per heavy atom. The van der Waals surface area contributed by atoms with Crippen LogP contribution in [0.3, 0.4) is 0 Å². The number of quaternary nitrogens is 1. The summed E-state index contributed by atoms with van der Waals surface area (Å²) in [5.74, 6) is -0.606. The first kappa shape index (κ1) is 64.7. The summed E-state index contributed by atoms with van der Waals surface area (Å²) in [6.45, 7) is 6.76. The summed E-state index contributed by atoms with van der Waals surface area (Å²) in [7, 11) is 1.15. The van der Waals surface area contributed by atoms with Crippen LogP contribution in [0, 0.1) is 0 Å². The van der Waals surface area contributed by atoms with E-state index in [-0.39, 0.29) is 31.3 Å². The average Bonchev–Trinajstić information content (AvgIpc) is 3.28. The van der Waals surface area contributed by atoms with Gasteiger partial charge in [0, 0.05) is 12.8 Å². The van der Waals surface area contributed by atoms with Gasteiger partial charge in [-0.05, 0) is 70.3 Å². The van der Waals surface area contributed by atoms with Gasteiger partial charge in [0.25, 0.3) is 7.82 Å². The maximum atomic E-state index is 13.4. The summed E-state index contributed by atoms with van der Waals surface area (Å²) < 4.78 is 30.1. The number of nitrogens with one attached hydrogen (secondary N) is 1. The molecule has 3 atom stereocenters. The number of phosphoric acid groups is 1. The number of ether oxygens (including phenoxy) is 1. The fourth-order valence-corrected chi connectivity index (χ4v) is 8.35. The van der Waals surface area contributed by atoms with Crippen LogP contribution in [0.4, 0.5) is 0 Å². The van der Waals surface area contributed by atoms with Crippen LogP contribution in [-0.4, -0.2) is 69.4 Å². The molecule has 0 radical (unpaired) electrons. The van der Waals surface area contributed by atoms with E-state index in [4.69, 9.17) is 13.8 Å². The minimum Gasteiger partial charge on any atom is -0.756 e. The number of rotatable bonds is 49. The summed E-state index contributed by atoms with van der Waals surface area (Å²) in [5.41, 5.74) is 0. The van der Waals surface area contributed by atoms with E-state index in [2.05, 4.69) is 74.7 Å². The predicted octanol–water partition coefficient (Wildman–Crippen LogP) is 15.7. The Labute approximate surface area is 413 Å². The van der Waals surface area contributed by atoms with Crippen LogP contribution in [0.15, 0.2) is 60.8 Å². The Hall–Kier alpha value is -2.29. The number of unbranched alkanes of at least 4 members (excludes halogenated alkanes) is 25. The highest BCUT2D eigenvalue weighted by atomic mass is 31.2. The molecule has 3 unspecified atom stereocenters. The van der Waals surface area contributed by atoms with Crippen molar-refractivity contribution in [2.24, 2.45) is 0 Å². The molecule has 0 spiro atoms. The molecular formula is C57H105N2O7P. The minimum atomic E-state index is -4.70. The van der Waals surface area contributed by atoms with Gasteiger partial charge in [-0.1, -0.05) is 217 Å². The number of phosphoric ester groups is 1. The zero-order chi connectivity index (χ0) is 49.4. The molecule has 0 aromatic carbocycles. The molecule has 390 valence electrons. The van der Waals surface area contributed by atoms with Gasteiger partial charge < -0.3 is 28.5 Å². The van der Waals surface area contributed by atoms with Crippen molar-refractivity contribution >= 4 is 19.7 Å². The van der Waals surface area contributed by atoms with E-state index < -0.39 is 26.6 Å². The molecule has 0 aromatic heterocycles. The molecule has 0 aliphatic carbocycles. The van der Waals surface area contributed by atoms with Crippen LogP contribution in [0.5, 0.6) is 0 Å². The van der Waals surface area contributed by atoms with Crippen LogP contribution in [0.2, 0.25) is 0 Å². The van der Waals surface area contributed by atoms with Gasteiger partial charge in [-0.25, -0.2) is 0 Å². The van der Waals surface area contributed by atoms with Gasteiger partial charge in [-0.3, -0.25) is 14.2 Å². The molecule has 0 aliphatic heterocycles. The lowest BCUT2D eigenvalue weighted by Gasteiger charge is -2.30. The Kier molecular flexibility index (Phi) is 45.8. The smallest absolute Gasteiger partial charge is 0.306 e. The quantitative estimate of drug-likeness (QED) is 0.0212. The van der Waals surface area contributed by atoms with Crippen molar-refractivity contribution in [2.45, 2.75) is 251 Å². The Morgan fingerprint density at radius 3 is 1.42 bits per heavy atom. The summed E-state index contributed by atoms with van der Waals surface area (Å²) >= 11 is 0. The van der Waals surface area contributed by atoms with Crippen LogP contribution >= 0.6 is 7.82 Å². The fraction of sp³-hybridized carbons (Fsp3) is 0.789. The lowest BCUT2D eigenvalue weighted by molar-refractivity contribution is -0.870. The molecule has 0 saturated heterocycles. The van der Waals surface area contributed by atoms with Crippen LogP contribution in [0.25, 0.3) is 0 Å². The van der Waals surface area contributed by atoms with Crippen molar-refractivity contribution in [1.82, 2.24) is 5.32 Å². The van der Waals surface area contributed by atoms with Crippen molar-refractivity contribution in [3.63, 3.8) is 0 Å². The molecule has 10 heteroatoms. The third kappa shape index (κ3) is 48.5. The van der Waals surface area contributed by atoms with E-state index in [1.807, 2.05) is 33.3 Å². The monoisotopic (exact) mass is 961 g/mol. The van der Waals surface area contributed by atoms with E-state index in [0.29, 0.717) is 17.4 Å². The van der Waals surface area contributed by atoms with Gasteiger partial charge in [0.2, 0.25) is 5.91 Å². The highest BCUT2D eigenvalue weighted by molar-refractivity contribution is 7.45. The van der Waals surface area contributed by atoms with Crippen molar-refractivity contribution in [2.75, 3.05) is 40.9 Å². The first-order chi connectivity index (χ1) is 32.4. The van der Waals surface area contributed by atoms with Crippen molar-refractivity contribution in [1.29, 1.82) is 0 Å². The standard InChI is InChI=1S/C57H105N2O7P/c1-7-10-13-16-19-22-25-27-28-29-30-32-35-37-40-43-46-49-56(60)58-54(53-65-67(62,63)64-52-51-59(4,5)6)55(48-45-42-39-36-34-31-26-23-20-17-14-11-8-2)66-57(61)50-47-44-41-38-33-24-21-18-15-12-9-3/h19,22,27-28,30,32,37,40,45,48,54-55H,7-18,20-21,23-26,29,31,33-36,38-39,41-44,46-47,49-53H2,1-6H3,(H-,58,60,62,63)/b22-19-,28-27-,32-30-,40-37-,48-45+. The second-order valence-electron chi connectivity index (χ2n) is 19.7. The number of hydrogen-bond acceptors (Lipinski definition) is 7. The lowest BCUT2D eigenvalue weighted by atomic mass is 10.0. The number of amides is 1. The molecule has 0 rings (SSSR count). The molecule has 0 aromatic rings. The maximum Gasteiger partial charge on any atom is 0.306 e. The predicted molar refractivity (Wildman–Crippen MR) is 284 cm³/mol. The van der Waals surface area contributed by atoms with Crippen LogP contribution < -0.4 is 10.2 Å². The number of carbonyl (C=O) groups is 2. The first-order valence-electron chi connectivity index (χ1n) is 27.6. The van der Waals surface area contributed by atoms with Gasteiger partial charge >= 0.3 is 5.97 Å². The van der Waals surface area contributed by atoms with Crippen LogP contribution in [0.1, 0.15) is 239 Å². The summed E-state index contributed by atoms with van der Waals surface area (Å²) in [6, 6.07) is -0.914. The zero-order valence-corrected chi connectivity index (χ0v) is 45.2. The van der Waals surface area contributed by atoms with E-state index in [0.717, 1.165) is 64.2 Å². The van der Waals surface area contributed by atoms with Gasteiger partial charge in [-0.15, -0.1) is 0 Å². The number of nitrogens with zero attached hydrogens (tertiary/aromatic N) is 1. The van der Waals surface area contributed by atoms with E-state index in [1.165, 1.54) is 135 Å². The lowest BCUT2D eigenvalue weighted by Crippen LogP contribution is -2.47. The molecule has 9 nitrogen and oxygen atoms in total. The second-order valence-corrected chi connectivity index (χ2v) is 21.1. The molecular weight excluding hydrogens is 856 g/mol. The Bertz CT molecular complexity index is 1340. The SMILES string of the molecule is CCCCC/C=C\C/C=C\C/C=C\C/C=C\CCCC(=O)NC(COP(=O)([O-])OCC[N+](C)(C)C)C(/C=C/CCCCCCCCCCCCC)OC(=O)CCCCCCCCCCCCC. The second kappa shape index (κ2) is 47.4. The summed E-state index contributed by atoms with van der Waals surface area (Å²) in [4.78, 5) is 39.7. The number of esters is 1. The van der Waals surface area contributed by atoms with Gasteiger partial charge in [-0.2, -0.15) is 0 Å². The minimum absolute atomic E-state index is 0.0327. The molecule has 0 saturated carbocycles. The molecule has 0 aliphatic rings. The first-order valence-corrected chi connectivity index (χ1v) is 29.1.